The van der Waals surface area contributed by atoms with E-state index in [4.69, 9.17) is 15.2 Å². The number of nitrogens with zero attached hydrogens (tertiary/aromatic N) is 3. The molecule has 18 heavy (non-hydrogen) atoms. The zero-order valence-corrected chi connectivity index (χ0v) is 10.5. The Balaban J connectivity index is 2.66. The summed E-state index contributed by atoms with van der Waals surface area (Å²) in [4.78, 5) is 3.92. The van der Waals surface area contributed by atoms with E-state index < -0.39 is 0 Å². The molecule has 0 saturated carbocycles. The smallest absolute Gasteiger partial charge is 0.153 e. The molecule has 0 atom stereocenters. The number of benzene rings is 1. The maximum atomic E-state index is 5.80. The molecule has 2 N–H and O–H groups in total. The Labute approximate surface area is 105 Å². The van der Waals surface area contributed by atoms with Crippen molar-refractivity contribution in [2.24, 2.45) is 0 Å². The second-order valence-electron chi connectivity index (χ2n) is 3.72. The van der Waals surface area contributed by atoms with Crippen molar-refractivity contribution >= 4 is 5.82 Å². The molecule has 2 rings (SSSR count). The zero-order valence-electron chi connectivity index (χ0n) is 10.5. The highest BCUT2D eigenvalue weighted by Gasteiger charge is 2.15. The molecule has 94 valence electrons. The fourth-order valence-electron chi connectivity index (χ4n) is 1.71. The molecular weight excluding hydrogens is 232 g/mol. The Bertz CT molecular complexity index is 572. The molecule has 0 aliphatic carbocycles. The maximum Gasteiger partial charge on any atom is 0.153 e. The van der Waals surface area contributed by atoms with E-state index >= 15 is 0 Å². The lowest BCUT2D eigenvalue weighted by Gasteiger charge is -2.12. The lowest BCUT2D eigenvalue weighted by atomic mass is 10.1. The quantitative estimate of drug-likeness (QED) is 0.882. The summed E-state index contributed by atoms with van der Waals surface area (Å²) in [6.07, 6.45) is 1.30. The van der Waals surface area contributed by atoms with E-state index in [2.05, 4.69) is 15.2 Å². The van der Waals surface area contributed by atoms with Gasteiger partial charge in [-0.05, 0) is 24.6 Å². The van der Waals surface area contributed by atoms with E-state index in [9.17, 15) is 0 Å². The molecule has 0 aliphatic heterocycles. The SMILES string of the molecule is COc1cc(-c2nncnc2N)c(OC)cc1C. The van der Waals surface area contributed by atoms with Gasteiger partial charge in [0.25, 0.3) is 0 Å². The lowest BCUT2D eigenvalue weighted by Crippen LogP contribution is -2.01. The molecule has 6 heteroatoms. The molecule has 0 fully saturated rings. The van der Waals surface area contributed by atoms with Crippen molar-refractivity contribution in [3.63, 3.8) is 0 Å². The summed E-state index contributed by atoms with van der Waals surface area (Å²) >= 11 is 0. The number of nitrogen functional groups attached to an aromatic ring is 1. The summed E-state index contributed by atoms with van der Waals surface area (Å²) in [5, 5.41) is 7.73. The molecule has 0 saturated heterocycles. The largest absolute Gasteiger partial charge is 0.496 e. The average Bonchev–Trinajstić information content (AvgIpc) is 2.39. The summed E-state index contributed by atoms with van der Waals surface area (Å²) in [6, 6.07) is 3.68. The number of rotatable bonds is 3. The van der Waals surface area contributed by atoms with Gasteiger partial charge in [0.2, 0.25) is 0 Å². The molecule has 0 unspecified atom stereocenters. The fraction of sp³-hybridized carbons (Fsp3) is 0.250. The van der Waals surface area contributed by atoms with Gasteiger partial charge in [0.15, 0.2) is 5.82 Å². The standard InChI is InChI=1S/C12H14N4O2/c1-7-4-10(18-3)8(5-9(7)17-2)11-12(13)14-6-15-16-11/h4-6H,1-3H3,(H2,13,14,15). The molecule has 0 bridgehead atoms. The maximum absolute atomic E-state index is 5.80. The van der Waals surface area contributed by atoms with Gasteiger partial charge in [-0.2, -0.15) is 0 Å². The number of nitrogens with two attached hydrogens (primary N) is 1. The van der Waals surface area contributed by atoms with Crippen molar-refractivity contribution in [2.75, 3.05) is 20.0 Å². The minimum Gasteiger partial charge on any atom is -0.496 e. The minimum atomic E-state index is 0.300. The Hall–Kier alpha value is -2.37. The Morgan fingerprint density at radius 2 is 1.83 bits per heavy atom. The number of hydrogen-bond donors (Lipinski definition) is 1. The van der Waals surface area contributed by atoms with Gasteiger partial charge in [0.05, 0.1) is 19.8 Å². The number of ether oxygens (including phenoxy) is 2. The Kier molecular flexibility index (Phi) is 3.27. The van der Waals surface area contributed by atoms with Crippen LogP contribution in [0.5, 0.6) is 11.5 Å². The van der Waals surface area contributed by atoms with Crippen LogP contribution in [-0.4, -0.2) is 29.4 Å². The molecule has 0 amide bonds. The second kappa shape index (κ2) is 4.87. The van der Waals surface area contributed by atoms with Crippen molar-refractivity contribution in [1.29, 1.82) is 0 Å². The third-order valence-corrected chi connectivity index (χ3v) is 2.62. The summed E-state index contributed by atoms with van der Waals surface area (Å²) in [5.74, 6) is 1.69. The van der Waals surface area contributed by atoms with Crippen LogP contribution in [0.25, 0.3) is 11.3 Å². The third-order valence-electron chi connectivity index (χ3n) is 2.62. The van der Waals surface area contributed by atoms with Crippen LogP contribution < -0.4 is 15.2 Å². The van der Waals surface area contributed by atoms with Crippen molar-refractivity contribution in [3.05, 3.63) is 24.0 Å². The Morgan fingerprint density at radius 1 is 1.11 bits per heavy atom. The molecule has 2 aromatic rings. The fourth-order valence-corrected chi connectivity index (χ4v) is 1.71. The molecule has 1 aromatic heterocycles. The first-order valence-electron chi connectivity index (χ1n) is 5.33. The molecule has 1 heterocycles. The van der Waals surface area contributed by atoms with Crippen LogP contribution in [0.2, 0.25) is 0 Å². The molecular formula is C12H14N4O2. The number of aryl methyl sites for hydroxylation is 1. The normalized spacial score (nSPS) is 10.2. The first-order chi connectivity index (χ1) is 8.67. The van der Waals surface area contributed by atoms with Crippen LogP contribution in [-0.2, 0) is 0 Å². The first-order valence-corrected chi connectivity index (χ1v) is 5.33. The molecule has 0 radical (unpaired) electrons. The van der Waals surface area contributed by atoms with Gasteiger partial charge in [-0.25, -0.2) is 4.98 Å². The number of methoxy groups -OCH3 is 2. The number of aromatic nitrogens is 3. The monoisotopic (exact) mass is 246 g/mol. The van der Waals surface area contributed by atoms with Crippen molar-refractivity contribution < 1.29 is 9.47 Å². The summed E-state index contributed by atoms with van der Waals surface area (Å²) in [5.41, 5.74) is 7.95. The highest BCUT2D eigenvalue weighted by atomic mass is 16.5. The van der Waals surface area contributed by atoms with Crippen LogP contribution in [0.1, 0.15) is 5.56 Å². The van der Waals surface area contributed by atoms with Gasteiger partial charge >= 0.3 is 0 Å². The van der Waals surface area contributed by atoms with Gasteiger partial charge < -0.3 is 15.2 Å². The van der Waals surface area contributed by atoms with Crippen LogP contribution in [0.15, 0.2) is 18.5 Å². The van der Waals surface area contributed by atoms with Gasteiger partial charge in [0.1, 0.15) is 23.5 Å². The zero-order chi connectivity index (χ0) is 13.1. The van der Waals surface area contributed by atoms with E-state index in [1.54, 1.807) is 14.2 Å². The highest BCUT2D eigenvalue weighted by molar-refractivity contribution is 5.76. The molecule has 0 spiro atoms. The topological polar surface area (TPSA) is 83.2 Å². The van der Waals surface area contributed by atoms with Gasteiger partial charge in [0, 0.05) is 0 Å². The first kappa shape index (κ1) is 12.1. The number of anilines is 1. The summed E-state index contributed by atoms with van der Waals surface area (Å²) in [7, 11) is 3.20. The van der Waals surface area contributed by atoms with E-state index in [0.29, 0.717) is 22.8 Å². The van der Waals surface area contributed by atoms with Gasteiger partial charge in [-0.15, -0.1) is 10.2 Å². The third kappa shape index (κ3) is 2.04. The molecule has 6 nitrogen and oxygen atoms in total. The number of hydrogen-bond acceptors (Lipinski definition) is 6. The predicted molar refractivity (Wildman–Crippen MR) is 67.5 cm³/mol. The van der Waals surface area contributed by atoms with Crippen LogP contribution >= 0.6 is 0 Å². The van der Waals surface area contributed by atoms with Crippen molar-refractivity contribution in [2.45, 2.75) is 6.92 Å². The summed E-state index contributed by atoms with van der Waals surface area (Å²) < 4.78 is 10.6. The van der Waals surface area contributed by atoms with E-state index in [1.165, 1.54) is 6.33 Å². The van der Waals surface area contributed by atoms with Crippen molar-refractivity contribution in [3.8, 4) is 22.8 Å². The van der Waals surface area contributed by atoms with E-state index in [-0.39, 0.29) is 0 Å². The highest BCUT2D eigenvalue weighted by Crippen LogP contribution is 2.36. The van der Waals surface area contributed by atoms with E-state index in [1.807, 2.05) is 19.1 Å². The lowest BCUT2D eigenvalue weighted by molar-refractivity contribution is 0.401. The minimum absolute atomic E-state index is 0.300. The van der Waals surface area contributed by atoms with Crippen LogP contribution in [0.3, 0.4) is 0 Å². The predicted octanol–water partition coefficient (Wildman–Crippen LogP) is 1.45. The van der Waals surface area contributed by atoms with Gasteiger partial charge in [-0.1, -0.05) is 0 Å². The second-order valence-corrected chi connectivity index (χ2v) is 3.72. The Morgan fingerprint density at radius 3 is 2.44 bits per heavy atom. The van der Waals surface area contributed by atoms with Crippen LogP contribution in [0, 0.1) is 6.92 Å². The van der Waals surface area contributed by atoms with Crippen molar-refractivity contribution in [1.82, 2.24) is 15.2 Å². The van der Waals surface area contributed by atoms with Crippen LogP contribution in [0.4, 0.5) is 5.82 Å². The molecule has 0 aliphatic rings. The van der Waals surface area contributed by atoms with Gasteiger partial charge in [-0.3, -0.25) is 0 Å². The summed E-state index contributed by atoms with van der Waals surface area (Å²) in [6.45, 7) is 1.93. The van der Waals surface area contributed by atoms with E-state index in [0.717, 1.165) is 11.3 Å². The average molecular weight is 246 g/mol. The molecule has 1 aromatic carbocycles.